The Labute approximate surface area is 147 Å². The summed E-state index contributed by atoms with van der Waals surface area (Å²) in [5.74, 6) is 0.263. The largest absolute Gasteiger partial charge is 0.454 e. The van der Waals surface area contributed by atoms with Gasteiger partial charge in [-0.05, 0) is 30.3 Å². The van der Waals surface area contributed by atoms with E-state index >= 15 is 0 Å². The summed E-state index contributed by atoms with van der Waals surface area (Å²) < 4.78 is 20.2. The van der Waals surface area contributed by atoms with Gasteiger partial charge in [0.25, 0.3) is 0 Å². The second kappa shape index (κ2) is 5.74. The van der Waals surface area contributed by atoms with Gasteiger partial charge in [-0.3, -0.25) is 10.8 Å². The zero-order valence-electron chi connectivity index (χ0n) is 13.5. The maximum absolute atomic E-state index is 14.6. The van der Waals surface area contributed by atoms with E-state index in [2.05, 4.69) is 20.5 Å². The molecule has 26 heavy (non-hydrogen) atoms. The highest BCUT2D eigenvalue weighted by atomic mass is 19.1. The minimum Gasteiger partial charge on any atom is -0.454 e. The number of halogens is 1. The van der Waals surface area contributed by atoms with Gasteiger partial charge >= 0.3 is 0 Å². The molecule has 0 bridgehead atoms. The molecule has 2 heterocycles. The summed E-state index contributed by atoms with van der Waals surface area (Å²) >= 11 is 0. The van der Waals surface area contributed by atoms with Crippen LogP contribution in [0.4, 0.5) is 4.39 Å². The molecule has 0 radical (unpaired) electrons. The molecule has 132 valence electrons. The molecule has 3 aromatic rings. The quantitative estimate of drug-likeness (QED) is 0.481. The van der Waals surface area contributed by atoms with Gasteiger partial charge in [0.1, 0.15) is 11.6 Å². The van der Waals surface area contributed by atoms with Crippen molar-refractivity contribution in [1.82, 2.24) is 15.5 Å². The Bertz CT molecular complexity index is 1040. The first-order valence-electron chi connectivity index (χ1n) is 7.73. The van der Waals surface area contributed by atoms with Crippen molar-refractivity contribution in [3.8, 4) is 11.5 Å². The molecule has 0 aliphatic carbocycles. The Morgan fingerprint density at radius 3 is 2.73 bits per heavy atom. The molecule has 1 aliphatic rings. The number of aliphatic imine (C=N–C) groups is 1. The number of benzene rings is 2. The fourth-order valence-electron chi connectivity index (χ4n) is 2.77. The zero-order valence-corrected chi connectivity index (χ0v) is 13.5. The average Bonchev–Trinajstić information content (AvgIpc) is 3.03. The summed E-state index contributed by atoms with van der Waals surface area (Å²) in [5, 5.41) is 10.3. The van der Waals surface area contributed by atoms with Crippen molar-refractivity contribution in [3.63, 3.8) is 0 Å². The fraction of sp³-hybridized carbons (Fsp3) is 0.0588. The Morgan fingerprint density at radius 1 is 1.12 bits per heavy atom. The van der Waals surface area contributed by atoms with Crippen molar-refractivity contribution in [2.45, 2.75) is 5.66 Å². The highest BCUT2D eigenvalue weighted by molar-refractivity contribution is 5.81. The van der Waals surface area contributed by atoms with Gasteiger partial charge in [-0.2, -0.15) is 5.10 Å². The normalized spacial score (nSPS) is 19.6. The van der Waals surface area contributed by atoms with Gasteiger partial charge in [0.2, 0.25) is 0 Å². The number of ether oxygens (including phenoxy) is 1. The minimum absolute atomic E-state index is 0.0571. The van der Waals surface area contributed by atoms with Gasteiger partial charge in [0, 0.05) is 17.0 Å². The lowest BCUT2D eigenvalue weighted by Crippen LogP contribution is -2.46. The second-order valence-electron chi connectivity index (χ2n) is 5.91. The van der Waals surface area contributed by atoms with Crippen LogP contribution in [0.25, 0.3) is 10.9 Å². The number of rotatable bonds is 3. The number of guanidine groups is 1. The molecular formula is C17H16FN7O. The van der Waals surface area contributed by atoms with Crippen LogP contribution in [0.5, 0.6) is 11.5 Å². The summed E-state index contributed by atoms with van der Waals surface area (Å²) in [7, 11) is 0. The molecule has 8 N–H and O–H groups in total. The van der Waals surface area contributed by atoms with Crippen molar-refractivity contribution >= 4 is 16.9 Å². The van der Waals surface area contributed by atoms with E-state index in [9.17, 15) is 4.39 Å². The number of H-pyrrole nitrogens is 1. The first-order valence-corrected chi connectivity index (χ1v) is 7.73. The van der Waals surface area contributed by atoms with E-state index in [4.69, 9.17) is 21.9 Å². The predicted molar refractivity (Wildman–Crippen MR) is 95.5 cm³/mol. The van der Waals surface area contributed by atoms with Crippen molar-refractivity contribution < 1.29 is 9.13 Å². The average molecular weight is 353 g/mol. The molecule has 9 heteroatoms. The maximum Gasteiger partial charge on any atom is 0.196 e. The third kappa shape index (κ3) is 2.80. The number of hydrogen-bond donors (Lipinski definition) is 5. The third-order valence-electron chi connectivity index (χ3n) is 3.99. The summed E-state index contributed by atoms with van der Waals surface area (Å²) in [6.07, 6.45) is 3.13. The van der Waals surface area contributed by atoms with Crippen LogP contribution < -0.4 is 27.3 Å². The lowest BCUT2D eigenvalue weighted by molar-refractivity contribution is 0.440. The van der Waals surface area contributed by atoms with Crippen LogP contribution in [0.3, 0.4) is 0 Å². The molecule has 4 rings (SSSR count). The zero-order chi connectivity index (χ0) is 18.3. The number of fused-ring (bicyclic) bond motifs is 1. The monoisotopic (exact) mass is 353 g/mol. The smallest absolute Gasteiger partial charge is 0.196 e. The van der Waals surface area contributed by atoms with Gasteiger partial charge in [0.15, 0.2) is 23.2 Å². The Hall–Kier alpha value is -3.59. The number of hydrogen-bond acceptors (Lipinski definition) is 7. The number of nitrogens with two attached hydrogens (primary N) is 3. The van der Waals surface area contributed by atoms with Crippen LogP contribution in [-0.4, -0.2) is 16.2 Å². The van der Waals surface area contributed by atoms with E-state index in [1.165, 1.54) is 18.2 Å². The van der Waals surface area contributed by atoms with E-state index < -0.39 is 11.5 Å². The molecule has 0 saturated carbocycles. The van der Waals surface area contributed by atoms with Crippen LogP contribution in [0.2, 0.25) is 0 Å². The highest BCUT2D eigenvalue weighted by Crippen LogP contribution is 2.31. The Kier molecular flexibility index (Phi) is 3.51. The third-order valence-corrected chi connectivity index (χ3v) is 3.99. The molecule has 2 aromatic carbocycles. The second-order valence-corrected chi connectivity index (χ2v) is 5.91. The van der Waals surface area contributed by atoms with Gasteiger partial charge < -0.3 is 21.5 Å². The molecule has 1 unspecified atom stereocenters. The van der Waals surface area contributed by atoms with Gasteiger partial charge in [-0.1, -0.05) is 6.07 Å². The van der Waals surface area contributed by atoms with E-state index in [1.807, 2.05) is 0 Å². The number of nitrogens with zero attached hydrogens (tertiary/aromatic N) is 2. The molecule has 1 aliphatic heterocycles. The molecule has 0 amide bonds. The number of aromatic amines is 1. The fourth-order valence-corrected chi connectivity index (χ4v) is 2.77. The number of aromatic nitrogens is 2. The van der Waals surface area contributed by atoms with Gasteiger partial charge in [0.05, 0.1) is 11.7 Å². The topological polar surface area (TPSA) is 140 Å². The Balaban J connectivity index is 1.64. The first kappa shape index (κ1) is 15.9. The molecule has 1 aromatic heterocycles. The number of nitrogens with one attached hydrogen (secondary N) is 2. The summed E-state index contributed by atoms with van der Waals surface area (Å²) in [6, 6.07) is 9.63. The van der Waals surface area contributed by atoms with Gasteiger partial charge in [-0.15, -0.1) is 0 Å². The van der Waals surface area contributed by atoms with Crippen LogP contribution in [0.15, 0.2) is 59.5 Å². The maximum atomic E-state index is 14.6. The molecule has 8 nitrogen and oxygen atoms in total. The lowest BCUT2D eigenvalue weighted by Gasteiger charge is -2.27. The minimum atomic E-state index is -1.35. The summed E-state index contributed by atoms with van der Waals surface area (Å²) in [6.45, 7) is 0. The van der Waals surface area contributed by atoms with E-state index in [0.29, 0.717) is 11.3 Å². The molecule has 0 saturated heterocycles. The van der Waals surface area contributed by atoms with Crippen LogP contribution in [0, 0.1) is 5.82 Å². The standard InChI is InChI=1S/C17H16FN7O/c18-12-6-10(17(21)7-15(19)23-16(20)24-17)1-4-14(12)26-11-2-3-13-9(5-11)8-22-25-13/h1-8H,19,21H2,(H,22,25)(H3,20,23,24). The Morgan fingerprint density at radius 2 is 1.96 bits per heavy atom. The van der Waals surface area contributed by atoms with Gasteiger partial charge in [-0.25, -0.2) is 9.38 Å². The molecule has 0 fully saturated rings. The van der Waals surface area contributed by atoms with Crippen molar-refractivity contribution in [2.75, 3.05) is 0 Å². The van der Waals surface area contributed by atoms with E-state index in [0.717, 1.165) is 10.9 Å². The van der Waals surface area contributed by atoms with Crippen LogP contribution in [-0.2, 0) is 5.66 Å². The summed E-state index contributed by atoms with van der Waals surface area (Å²) in [5.41, 5.74) is 17.5. The molecular weight excluding hydrogens is 337 g/mol. The first-order chi connectivity index (χ1) is 12.4. The SMILES string of the molecule is NC1=CC(N)(c2ccc(Oc3ccc4[nH]ncc4c3)c(F)c2)N=C(N)N1. The lowest BCUT2D eigenvalue weighted by atomic mass is 9.99. The van der Waals surface area contributed by atoms with E-state index in [-0.39, 0.29) is 17.5 Å². The van der Waals surface area contributed by atoms with Crippen LogP contribution >= 0.6 is 0 Å². The van der Waals surface area contributed by atoms with E-state index in [1.54, 1.807) is 30.5 Å². The van der Waals surface area contributed by atoms with Crippen LogP contribution in [0.1, 0.15) is 5.56 Å². The predicted octanol–water partition coefficient (Wildman–Crippen LogP) is 1.32. The van der Waals surface area contributed by atoms with Crippen molar-refractivity contribution in [1.29, 1.82) is 0 Å². The molecule has 1 atom stereocenters. The summed E-state index contributed by atoms with van der Waals surface area (Å²) in [4.78, 5) is 4.10. The molecule has 0 spiro atoms. The van der Waals surface area contributed by atoms with Crippen molar-refractivity contribution in [3.05, 3.63) is 65.9 Å². The highest BCUT2D eigenvalue weighted by Gasteiger charge is 2.29. The van der Waals surface area contributed by atoms with Crippen molar-refractivity contribution in [2.24, 2.45) is 22.2 Å².